The summed E-state index contributed by atoms with van der Waals surface area (Å²) in [4.78, 5) is 11.6. The molecule has 5 heteroatoms. The average Bonchev–Trinajstić information content (AvgIpc) is 2.93. The summed E-state index contributed by atoms with van der Waals surface area (Å²) < 4.78 is 16.7. The van der Waals surface area contributed by atoms with Gasteiger partial charge in [0, 0.05) is 5.41 Å². The molecule has 3 aliphatic rings. The highest BCUT2D eigenvalue weighted by molar-refractivity contribution is 5.77. The summed E-state index contributed by atoms with van der Waals surface area (Å²) in [6.07, 6.45) is -0.328. The Morgan fingerprint density at radius 1 is 1.50 bits per heavy atom. The van der Waals surface area contributed by atoms with Gasteiger partial charge >= 0.3 is 5.97 Å². The van der Waals surface area contributed by atoms with Gasteiger partial charge in [-0.15, -0.1) is 0 Å². The lowest BCUT2D eigenvalue weighted by molar-refractivity contribution is -0.215. The van der Waals surface area contributed by atoms with Gasteiger partial charge in [0.15, 0.2) is 12.4 Å². The Kier molecular flexibility index (Phi) is 2.70. The fourth-order valence-electron chi connectivity index (χ4n) is 2.91. The van der Waals surface area contributed by atoms with Crippen molar-refractivity contribution in [2.45, 2.75) is 64.3 Å². The molecule has 6 atom stereocenters. The molecule has 0 amide bonds. The molecule has 3 rings (SSSR count). The van der Waals surface area contributed by atoms with Gasteiger partial charge in [-0.3, -0.25) is 4.79 Å². The van der Waals surface area contributed by atoms with Gasteiger partial charge in [-0.2, -0.15) is 0 Å². The number of aliphatic hydroxyl groups excluding tert-OH is 1. The van der Waals surface area contributed by atoms with Crippen LogP contribution in [-0.4, -0.2) is 41.8 Å². The standard InChI is InChI=1S/C13H20O5/c1-4-13(2,3)12(15)18-9-7-5-6-8(16-7)10(9)17-11(6)14/h6-10,12,15H,4-5H2,1-3H3. The highest BCUT2D eigenvalue weighted by Gasteiger charge is 2.64. The molecule has 5 nitrogen and oxygen atoms in total. The third-order valence-electron chi connectivity index (χ3n) is 4.65. The summed E-state index contributed by atoms with van der Waals surface area (Å²) in [6, 6.07) is 0. The van der Waals surface area contributed by atoms with E-state index in [2.05, 4.69) is 0 Å². The zero-order chi connectivity index (χ0) is 13.1. The second-order valence-electron chi connectivity index (χ2n) is 6.18. The molecule has 3 heterocycles. The summed E-state index contributed by atoms with van der Waals surface area (Å²) >= 11 is 0. The largest absolute Gasteiger partial charge is 0.456 e. The predicted molar refractivity (Wildman–Crippen MR) is 61.6 cm³/mol. The number of carbonyl (C=O) groups is 1. The lowest BCUT2D eigenvalue weighted by atomic mass is 9.86. The van der Waals surface area contributed by atoms with E-state index < -0.39 is 6.29 Å². The Bertz CT molecular complexity index is 366. The van der Waals surface area contributed by atoms with Crippen molar-refractivity contribution in [3.05, 3.63) is 0 Å². The minimum Gasteiger partial charge on any atom is -0.456 e. The number of fused-ring (bicyclic) bond motifs is 1. The van der Waals surface area contributed by atoms with Crippen molar-refractivity contribution < 1.29 is 24.1 Å². The molecule has 0 saturated carbocycles. The Morgan fingerprint density at radius 2 is 2.22 bits per heavy atom. The fraction of sp³-hybridized carbons (Fsp3) is 0.923. The first-order chi connectivity index (χ1) is 8.44. The van der Waals surface area contributed by atoms with E-state index in [9.17, 15) is 9.90 Å². The van der Waals surface area contributed by atoms with Crippen LogP contribution in [0.25, 0.3) is 0 Å². The van der Waals surface area contributed by atoms with Crippen LogP contribution in [0.2, 0.25) is 0 Å². The maximum Gasteiger partial charge on any atom is 0.312 e. The molecular weight excluding hydrogens is 236 g/mol. The van der Waals surface area contributed by atoms with Crippen molar-refractivity contribution in [3.63, 3.8) is 0 Å². The van der Waals surface area contributed by atoms with E-state index in [0.29, 0.717) is 6.42 Å². The van der Waals surface area contributed by atoms with Crippen molar-refractivity contribution in [2.24, 2.45) is 11.3 Å². The molecule has 1 N–H and O–H groups in total. The summed E-state index contributed by atoms with van der Waals surface area (Å²) in [5, 5.41) is 10.1. The van der Waals surface area contributed by atoms with Crippen molar-refractivity contribution in [3.8, 4) is 0 Å². The first-order valence-electron chi connectivity index (χ1n) is 6.63. The number of hydrogen-bond acceptors (Lipinski definition) is 5. The molecule has 102 valence electrons. The molecule has 0 aromatic carbocycles. The van der Waals surface area contributed by atoms with Gasteiger partial charge in [-0.25, -0.2) is 0 Å². The fourth-order valence-corrected chi connectivity index (χ4v) is 2.91. The molecule has 3 saturated heterocycles. The molecule has 0 spiro atoms. The normalized spacial score (nSPS) is 43.3. The topological polar surface area (TPSA) is 65.0 Å². The monoisotopic (exact) mass is 256 g/mol. The van der Waals surface area contributed by atoms with Crippen molar-refractivity contribution in [1.82, 2.24) is 0 Å². The van der Waals surface area contributed by atoms with E-state index in [-0.39, 0.29) is 41.7 Å². The first-order valence-corrected chi connectivity index (χ1v) is 6.63. The third kappa shape index (κ3) is 1.61. The molecule has 3 aliphatic heterocycles. The number of aliphatic hydroxyl groups is 1. The summed E-state index contributed by atoms with van der Waals surface area (Å²) in [6.45, 7) is 5.92. The van der Waals surface area contributed by atoms with Crippen molar-refractivity contribution in [2.75, 3.05) is 0 Å². The Morgan fingerprint density at radius 3 is 2.89 bits per heavy atom. The van der Waals surface area contributed by atoms with Crippen LogP contribution in [0, 0.1) is 11.3 Å². The Hall–Kier alpha value is -0.650. The van der Waals surface area contributed by atoms with Crippen LogP contribution >= 0.6 is 0 Å². The second kappa shape index (κ2) is 3.92. The quantitative estimate of drug-likeness (QED) is 0.596. The van der Waals surface area contributed by atoms with Gasteiger partial charge in [0.1, 0.15) is 12.2 Å². The van der Waals surface area contributed by atoms with Crippen LogP contribution in [0.5, 0.6) is 0 Å². The lowest BCUT2D eigenvalue weighted by Gasteiger charge is -2.33. The minimum absolute atomic E-state index is 0.112. The highest BCUT2D eigenvalue weighted by atomic mass is 16.7. The second-order valence-corrected chi connectivity index (χ2v) is 6.18. The number of carbonyl (C=O) groups excluding carboxylic acids is 1. The van der Waals surface area contributed by atoms with Gasteiger partial charge < -0.3 is 19.3 Å². The van der Waals surface area contributed by atoms with Crippen LogP contribution in [0.1, 0.15) is 33.6 Å². The number of hydrogen-bond donors (Lipinski definition) is 1. The minimum atomic E-state index is -0.867. The van der Waals surface area contributed by atoms with Crippen molar-refractivity contribution in [1.29, 1.82) is 0 Å². The predicted octanol–water partition coefficient (Wildman–Crippen LogP) is 0.839. The van der Waals surface area contributed by atoms with E-state index in [1.807, 2.05) is 20.8 Å². The van der Waals surface area contributed by atoms with Crippen molar-refractivity contribution >= 4 is 5.97 Å². The zero-order valence-corrected chi connectivity index (χ0v) is 11.0. The maximum atomic E-state index is 11.6. The van der Waals surface area contributed by atoms with Crippen LogP contribution in [0.4, 0.5) is 0 Å². The van der Waals surface area contributed by atoms with E-state index in [0.717, 1.165) is 6.42 Å². The molecule has 2 bridgehead atoms. The average molecular weight is 256 g/mol. The molecule has 0 aromatic rings. The number of rotatable bonds is 4. The van der Waals surface area contributed by atoms with Gasteiger partial charge in [0.2, 0.25) is 0 Å². The first kappa shape index (κ1) is 12.4. The van der Waals surface area contributed by atoms with Gasteiger partial charge in [0.05, 0.1) is 12.0 Å². The van der Waals surface area contributed by atoms with Crippen LogP contribution < -0.4 is 0 Å². The van der Waals surface area contributed by atoms with E-state index in [1.165, 1.54) is 0 Å². The third-order valence-corrected chi connectivity index (χ3v) is 4.65. The molecule has 18 heavy (non-hydrogen) atoms. The molecule has 6 unspecified atom stereocenters. The van der Waals surface area contributed by atoms with Crippen LogP contribution in [-0.2, 0) is 19.0 Å². The smallest absolute Gasteiger partial charge is 0.312 e. The maximum absolute atomic E-state index is 11.6. The molecule has 3 fully saturated rings. The Labute approximate surface area is 106 Å². The summed E-state index contributed by atoms with van der Waals surface area (Å²) in [7, 11) is 0. The van der Waals surface area contributed by atoms with Gasteiger partial charge in [0.25, 0.3) is 0 Å². The SMILES string of the molecule is CCC(C)(C)C(O)OC1C2CC3C(=O)OC1C3O2. The molecule has 0 aromatic heterocycles. The van der Waals surface area contributed by atoms with E-state index in [4.69, 9.17) is 14.2 Å². The lowest BCUT2D eigenvalue weighted by Crippen LogP contribution is -2.44. The Balaban J connectivity index is 1.71. The summed E-state index contributed by atoms with van der Waals surface area (Å²) in [5.41, 5.74) is -0.316. The van der Waals surface area contributed by atoms with Gasteiger partial charge in [-0.1, -0.05) is 20.8 Å². The van der Waals surface area contributed by atoms with E-state index in [1.54, 1.807) is 0 Å². The van der Waals surface area contributed by atoms with Crippen LogP contribution in [0.15, 0.2) is 0 Å². The van der Waals surface area contributed by atoms with Gasteiger partial charge in [-0.05, 0) is 12.8 Å². The van der Waals surface area contributed by atoms with E-state index >= 15 is 0 Å². The molecular formula is C13H20O5. The highest BCUT2D eigenvalue weighted by Crippen LogP contribution is 2.48. The molecule has 0 radical (unpaired) electrons. The van der Waals surface area contributed by atoms with Crippen LogP contribution in [0.3, 0.4) is 0 Å². The number of esters is 1. The zero-order valence-electron chi connectivity index (χ0n) is 11.0. The number of ether oxygens (including phenoxy) is 3. The molecule has 0 aliphatic carbocycles. The summed E-state index contributed by atoms with van der Waals surface area (Å²) in [5.74, 6) is -0.293.